The summed E-state index contributed by atoms with van der Waals surface area (Å²) >= 11 is 0. The molecule has 0 spiro atoms. The third-order valence-corrected chi connectivity index (χ3v) is 2.67. The van der Waals surface area contributed by atoms with Gasteiger partial charge in [0.1, 0.15) is 18.2 Å². The zero-order valence-corrected chi connectivity index (χ0v) is 10.3. The molecule has 0 saturated carbocycles. The van der Waals surface area contributed by atoms with Gasteiger partial charge in [-0.15, -0.1) is 0 Å². The van der Waals surface area contributed by atoms with Gasteiger partial charge < -0.3 is 10.5 Å². The van der Waals surface area contributed by atoms with Gasteiger partial charge in [0.05, 0.1) is 6.21 Å². The second-order valence-corrected chi connectivity index (χ2v) is 4.05. The van der Waals surface area contributed by atoms with E-state index in [-0.39, 0.29) is 5.84 Å². The number of hydrogen-bond acceptors (Lipinski definition) is 5. The van der Waals surface area contributed by atoms with Gasteiger partial charge in [-0.2, -0.15) is 0 Å². The van der Waals surface area contributed by atoms with Crippen molar-refractivity contribution in [3.63, 3.8) is 0 Å². The van der Waals surface area contributed by atoms with Crippen LogP contribution in [-0.4, -0.2) is 24.9 Å². The number of nitrogens with two attached hydrogens (primary N) is 2. The van der Waals surface area contributed by atoms with Crippen LogP contribution in [-0.2, 0) is 5.67 Å². The van der Waals surface area contributed by atoms with E-state index in [0.29, 0.717) is 17.9 Å². The Labute approximate surface area is 110 Å². The van der Waals surface area contributed by atoms with E-state index in [1.54, 1.807) is 30.3 Å². The summed E-state index contributed by atoms with van der Waals surface area (Å²) in [5.74, 6) is 0.307. The number of aliphatic imine (C=N–C) groups is 2. The number of rotatable bonds is 4. The molecule has 6 heteroatoms. The number of halogens is 1. The number of ether oxygens (including phenoxy) is 1. The van der Waals surface area contributed by atoms with Crippen molar-refractivity contribution in [3.05, 3.63) is 42.5 Å². The summed E-state index contributed by atoms with van der Waals surface area (Å²) in [6.45, 7) is 3.89. The molecule has 0 aliphatic carbocycles. The molecule has 100 valence electrons. The fourth-order valence-electron chi connectivity index (χ4n) is 1.70. The molecule has 0 aromatic heterocycles. The van der Waals surface area contributed by atoms with E-state index in [4.69, 9.17) is 16.2 Å². The average Bonchev–Trinajstić information content (AvgIpc) is 2.41. The minimum atomic E-state index is -2.05. The normalized spacial score (nSPS) is 25.8. The van der Waals surface area contributed by atoms with Gasteiger partial charge in [-0.05, 0) is 12.1 Å². The maximum Gasteiger partial charge on any atom is 0.227 e. The highest BCUT2D eigenvalue weighted by Gasteiger charge is 2.37. The Kier molecular flexibility index (Phi) is 3.62. The lowest BCUT2D eigenvalue weighted by Crippen LogP contribution is -2.44. The van der Waals surface area contributed by atoms with Gasteiger partial charge in [0, 0.05) is 5.56 Å². The molecule has 0 bridgehead atoms. The highest BCUT2D eigenvalue weighted by atomic mass is 19.1. The van der Waals surface area contributed by atoms with Crippen molar-refractivity contribution in [2.24, 2.45) is 21.5 Å². The van der Waals surface area contributed by atoms with E-state index in [9.17, 15) is 4.39 Å². The average molecular weight is 262 g/mol. The zero-order chi connectivity index (χ0) is 13.9. The summed E-state index contributed by atoms with van der Waals surface area (Å²) in [5.41, 5.74) is 9.33. The van der Waals surface area contributed by atoms with Crippen molar-refractivity contribution < 1.29 is 9.13 Å². The van der Waals surface area contributed by atoms with Crippen molar-refractivity contribution in [1.29, 1.82) is 0 Å². The van der Waals surface area contributed by atoms with Crippen LogP contribution in [0.2, 0.25) is 0 Å². The van der Waals surface area contributed by atoms with E-state index in [0.717, 1.165) is 6.21 Å². The molecule has 5 nitrogen and oxygen atoms in total. The predicted octanol–water partition coefficient (Wildman–Crippen LogP) is 1.10. The molecule has 1 aromatic rings. The van der Waals surface area contributed by atoms with Crippen LogP contribution in [0.4, 0.5) is 4.39 Å². The minimum absolute atomic E-state index is 0.212. The Morgan fingerprint density at radius 1 is 1.53 bits per heavy atom. The number of amidine groups is 1. The van der Waals surface area contributed by atoms with E-state index < -0.39 is 12.0 Å². The van der Waals surface area contributed by atoms with E-state index in [1.807, 2.05) is 0 Å². The van der Waals surface area contributed by atoms with E-state index >= 15 is 0 Å². The maximum absolute atomic E-state index is 14.8. The standard InChI is InChI=1S/C13H15FN4O/c1-2-6-19-10-5-3-4-9(7-10)13(14)8-17-12(16)18-11(13)15/h2-5,7-8,12H,1,6,16H2,(H2,15,18). The fraction of sp³-hybridized carbons (Fsp3) is 0.231. The lowest BCUT2D eigenvalue weighted by molar-refractivity contribution is 0.345. The monoisotopic (exact) mass is 262 g/mol. The molecule has 0 saturated heterocycles. The molecule has 1 aliphatic rings. The second-order valence-electron chi connectivity index (χ2n) is 4.05. The number of nitrogens with zero attached hydrogens (tertiary/aromatic N) is 2. The molecular weight excluding hydrogens is 247 g/mol. The van der Waals surface area contributed by atoms with Gasteiger partial charge in [0.15, 0.2) is 6.29 Å². The summed E-state index contributed by atoms with van der Waals surface area (Å²) in [6, 6.07) is 6.53. The van der Waals surface area contributed by atoms with Crippen LogP contribution in [0.15, 0.2) is 46.9 Å². The molecule has 0 amide bonds. The largest absolute Gasteiger partial charge is 0.490 e. The van der Waals surface area contributed by atoms with Gasteiger partial charge in [-0.1, -0.05) is 24.8 Å². The van der Waals surface area contributed by atoms with Gasteiger partial charge >= 0.3 is 0 Å². The van der Waals surface area contributed by atoms with Gasteiger partial charge in [0.2, 0.25) is 5.67 Å². The number of alkyl halides is 1. The number of hydrogen-bond donors (Lipinski definition) is 2. The summed E-state index contributed by atoms with van der Waals surface area (Å²) in [4.78, 5) is 7.50. The third kappa shape index (κ3) is 2.63. The van der Waals surface area contributed by atoms with Crippen LogP contribution >= 0.6 is 0 Å². The summed E-state index contributed by atoms with van der Waals surface area (Å²) in [5, 5.41) is 0. The van der Waals surface area contributed by atoms with Gasteiger partial charge in [0.25, 0.3) is 0 Å². The lowest BCUT2D eigenvalue weighted by atomic mass is 9.95. The predicted molar refractivity (Wildman–Crippen MR) is 73.0 cm³/mol. The van der Waals surface area contributed by atoms with Crippen LogP contribution in [0.3, 0.4) is 0 Å². The molecule has 1 aliphatic heterocycles. The first-order valence-corrected chi connectivity index (χ1v) is 5.73. The first kappa shape index (κ1) is 13.2. The molecule has 1 aromatic carbocycles. The van der Waals surface area contributed by atoms with Crippen molar-refractivity contribution >= 4 is 12.1 Å². The van der Waals surface area contributed by atoms with Crippen molar-refractivity contribution in [1.82, 2.24) is 0 Å². The van der Waals surface area contributed by atoms with Gasteiger partial charge in [-0.3, -0.25) is 10.7 Å². The Bertz CT molecular complexity index is 543. The Hall–Kier alpha value is -2.21. The Morgan fingerprint density at radius 3 is 3.00 bits per heavy atom. The maximum atomic E-state index is 14.8. The van der Waals surface area contributed by atoms with Gasteiger partial charge in [-0.25, -0.2) is 9.38 Å². The summed E-state index contributed by atoms with van der Waals surface area (Å²) in [7, 11) is 0. The Balaban J connectivity index is 2.33. The highest BCUT2D eigenvalue weighted by Crippen LogP contribution is 2.29. The zero-order valence-electron chi connectivity index (χ0n) is 10.3. The molecule has 1 heterocycles. The molecule has 0 radical (unpaired) electrons. The molecule has 4 N–H and O–H groups in total. The molecule has 0 fully saturated rings. The fourth-order valence-corrected chi connectivity index (χ4v) is 1.70. The second kappa shape index (κ2) is 5.19. The van der Waals surface area contributed by atoms with Crippen molar-refractivity contribution in [2.45, 2.75) is 12.0 Å². The van der Waals surface area contributed by atoms with E-state index in [2.05, 4.69) is 16.6 Å². The van der Waals surface area contributed by atoms with Crippen LogP contribution in [0.5, 0.6) is 5.75 Å². The highest BCUT2D eigenvalue weighted by molar-refractivity contribution is 6.06. The molecular formula is C13H15FN4O. The van der Waals surface area contributed by atoms with Crippen molar-refractivity contribution in [2.75, 3.05) is 6.61 Å². The lowest BCUT2D eigenvalue weighted by Gasteiger charge is -2.25. The topological polar surface area (TPSA) is 86.0 Å². The van der Waals surface area contributed by atoms with E-state index in [1.165, 1.54) is 0 Å². The van der Waals surface area contributed by atoms with Crippen LogP contribution < -0.4 is 16.2 Å². The van der Waals surface area contributed by atoms with Crippen LogP contribution in [0.25, 0.3) is 0 Å². The molecule has 2 rings (SSSR count). The summed E-state index contributed by atoms with van der Waals surface area (Å²) < 4.78 is 20.2. The SMILES string of the molecule is C=CCOc1cccc(C2(F)C=NC(N)N=C2N)c1. The first-order valence-electron chi connectivity index (χ1n) is 5.73. The van der Waals surface area contributed by atoms with Crippen LogP contribution in [0.1, 0.15) is 5.56 Å². The summed E-state index contributed by atoms with van der Waals surface area (Å²) in [6.07, 6.45) is 1.84. The third-order valence-electron chi connectivity index (χ3n) is 2.67. The van der Waals surface area contributed by atoms with Crippen molar-refractivity contribution in [3.8, 4) is 5.75 Å². The Morgan fingerprint density at radius 2 is 2.32 bits per heavy atom. The molecule has 2 atom stereocenters. The van der Waals surface area contributed by atoms with Crippen LogP contribution in [0, 0.1) is 0 Å². The smallest absolute Gasteiger partial charge is 0.227 e. The first-order chi connectivity index (χ1) is 9.06. The molecule has 2 unspecified atom stereocenters. The number of benzene rings is 1. The minimum Gasteiger partial charge on any atom is -0.490 e. The molecule has 19 heavy (non-hydrogen) atoms. The quantitative estimate of drug-likeness (QED) is 0.797.